The topological polar surface area (TPSA) is 96.0 Å². The molecule has 0 saturated heterocycles. The van der Waals surface area contributed by atoms with E-state index in [-0.39, 0.29) is 43.8 Å². The van der Waals surface area contributed by atoms with Crippen molar-refractivity contribution in [3.8, 4) is 5.75 Å². The van der Waals surface area contributed by atoms with E-state index >= 15 is 0 Å². The standard InChI is InChI=1S/C32H40BrN3O5S/c1-5-41-30-15-10-9-14-28(30)36(42(4,39)40)21-11-16-31(37)35(23-26-17-19-27(33)20-18-26)29(32(38)34-24(2)3)22-25-12-7-6-8-13-25/h6-10,12-15,17-20,24,29H,5,11,16,21-23H2,1-4H3,(H,34,38). The number of amides is 2. The molecule has 3 aromatic rings. The molecular formula is C32H40BrN3O5S. The maximum absolute atomic E-state index is 13.9. The molecule has 8 nitrogen and oxygen atoms in total. The number of rotatable bonds is 15. The first-order valence-corrected chi connectivity index (χ1v) is 16.7. The molecule has 0 aliphatic rings. The molecule has 0 bridgehead atoms. The van der Waals surface area contributed by atoms with Gasteiger partial charge in [0.05, 0.1) is 18.6 Å². The van der Waals surface area contributed by atoms with E-state index in [1.165, 1.54) is 4.31 Å². The molecule has 0 heterocycles. The third-order valence-electron chi connectivity index (χ3n) is 6.55. The molecule has 0 aliphatic carbocycles. The zero-order chi connectivity index (χ0) is 30.7. The molecule has 3 aromatic carbocycles. The number of hydrogen-bond acceptors (Lipinski definition) is 5. The minimum Gasteiger partial charge on any atom is -0.492 e. The quantitative estimate of drug-likeness (QED) is 0.231. The fraction of sp³-hybridized carbons (Fsp3) is 0.375. The number of carbonyl (C=O) groups is 2. The van der Waals surface area contributed by atoms with Crippen molar-refractivity contribution >= 4 is 43.5 Å². The summed E-state index contributed by atoms with van der Waals surface area (Å²) in [6, 6.07) is 23.4. The van der Waals surface area contributed by atoms with E-state index < -0.39 is 16.1 Å². The Kier molecular flexibility index (Phi) is 12.4. The van der Waals surface area contributed by atoms with Gasteiger partial charge in [-0.05, 0) is 62.6 Å². The second-order valence-corrected chi connectivity index (χ2v) is 13.2. The number of nitrogens with one attached hydrogen (secondary N) is 1. The highest BCUT2D eigenvalue weighted by Crippen LogP contribution is 2.30. The lowest BCUT2D eigenvalue weighted by molar-refractivity contribution is -0.141. The second-order valence-electron chi connectivity index (χ2n) is 10.4. The molecule has 0 aromatic heterocycles. The van der Waals surface area contributed by atoms with Crippen LogP contribution in [0.25, 0.3) is 0 Å². The van der Waals surface area contributed by atoms with Gasteiger partial charge in [-0.25, -0.2) is 8.42 Å². The Balaban J connectivity index is 1.89. The van der Waals surface area contributed by atoms with Crippen molar-refractivity contribution in [2.75, 3.05) is 23.7 Å². The SMILES string of the molecule is CCOc1ccccc1N(CCCC(=O)N(Cc1ccc(Br)cc1)C(Cc1ccccc1)C(=O)NC(C)C)S(C)(=O)=O. The van der Waals surface area contributed by atoms with E-state index in [2.05, 4.69) is 21.2 Å². The van der Waals surface area contributed by atoms with Crippen molar-refractivity contribution in [3.05, 3.63) is 94.5 Å². The fourth-order valence-corrected chi connectivity index (χ4v) is 5.88. The van der Waals surface area contributed by atoms with E-state index in [9.17, 15) is 18.0 Å². The number of para-hydroxylation sites is 2. The van der Waals surface area contributed by atoms with Gasteiger partial charge in [-0.1, -0.05) is 70.5 Å². The number of nitrogens with zero attached hydrogens (tertiary/aromatic N) is 2. The van der Waals surface area contributed by atoms with Gasteiger partial charge in [0.1, 0.15) is 11.8 Å². The highest BCUT2D eigenvalue weighted by Gasteiger charge is 2.31. The molecule has 0 saturated carbocycles. The van der Waals surface area contributed by atoms with E-state index in [0.717, 1.165) is 21.9 Å². The predicted octanol–water partition coefficient (Wildman–Crippen LogP) is 5.56. The third kappa shape index (κ3) is 9.87. The molecule has 0 spiro atoms. The summed E-state index contributed by atoms with van der Waals surface area (Å²) in [5.74, 6) is -0.00563. The highest BCUT2D eigenvalue weighted by atomic mass is 79.9. The van der Waals surface area contributed by atoms with Crippen molar-refractivity contribution in [2.45, 2.75) is 58.7 Å². The van der Waals surface area contributed by atoms with Crippen LogP contribution in [-0.4, -0.2) is 56.6 Å². The monoisotopic (exact) mass is 657 g/mol. The molecule has 10 heteroatoms. The summed E-state index contributed by atoms with van der Waals surface area (Å²) in [7, 11) is -3.65. The molecule has 42 heavy (non-hydrogen) atoms. The van der Waals surface area contributed by atoms with E-state index in [1.54, 1.807) is 29.2 Å². The first-order valence-electron chi connectivity index (χ1n) is 14.1. The summed E-state index contributed by atoms with van der Waals surface area (Å²) in [5, 5.41) is 2.99. The summed E-state index contributed by atoms with van der Waals surface area (Å²) >= 11 is 3.45. The van der Waals surface area contributed by atoms with Gasteiger partial charge in [-0.2, -0.15) is 0 Å². The number of anilines is 1. The number of halogens is 1. The minimum atomic E-state index is -3.65. The Morgan fingerprint density at radius 1 is 0.929 bits per heavy atom. The maximum Gasteiger partial charge on any atom is 0.243 e. The first kappa shape index (κ1) is 33.1. The van der Waals surface area contributed by atoms with Gasteiger partial charge in [-0.15, -0.1) is 0 Å². The summed E-state index contributed by atoms with van der Waals surface area (Å²) in [4.78, 5) is 29.1. The maximum atomic E-state index is 13.9. The Bertz CT molecular complexity index is 1420. The predicted molar refractivity (Wildman–Crippen MR) is 171 cm³/mol. The van der Waals surface area contributed by atoms with Crippen LogP contribution >= 0.6 is 15.9 Å². The van der Waals surface area contributed by atoms with Gasteiger partial charge in [0.25, 0.3) is 0 Å². The van der Waals surface area contributed by atoms with Crippen molar-refractivity contribution in [1.82, 2.24) is 10.2 Å². The van der Waals surface area contributed by atoms with E-state index in [0.29, 0.717) is 24.5 Å². The van der Waals surface area contributed by atoms with Crippen molar-refractivity contribution in [3.63, 3.8) is 0 Å². The molecule has 226 valence electrons. The lowest BCUT2D eigenvalue weighted by Gasteiger charge is -2.32. The molecule has 0 radical (unpaired) electrons. The smallest absolute Gasteiger partial charge is 0.243 e. The highest BCUT2D eigenvalue weighted by molar-refractivity contribution is 9.10. The molecular weight excluding hydrogens is 618 g/mol. The first-order chi connectivity index (χ1) is 20.0. The van der Waals surface area contributed by atoms with Crippen LogP contribution in [0, 0.1) is 0 Å². The molecule has 2 amide bonds. The summed E-state index contributed by atoms with van der Waals surface area (Å²) < 4.78 is 33.4. The lowest BCUT2D eigenvalue weighted by Crippen LogP contribution is -2.51. The fourth-order valence-electron chi connectivity index (χ4n) is 4.64. The summed E-state index contributed by atoms with van der Waals surface area (Å²) in [6.07, 6.45) is 1.80. The van der Waals surface area contributed by atoms with Crippen LogP contribution in [0.3, 0.4) is 0 Å². The minimum absolute atomic E-state index is 0.0552. The van der Waals surface area contributed by atoms with Gasteiger partial charge in [0, 0.05) is 36.4 Å². The lowest BCUT2D eigenvalue weighted by atomic mass is 10.0. The average Bonchev–Trinajstić information content (AvgIpc) is 2.94. The van der Waals surface area contributed by atoms with Gasteiger partial charge in [0.2, 0.25) is 21.8 Å². The zero-order valence-electron chi connectivity index (χ0n) is 24.6. The summed E-state index contributed by atoms with van der Waals surface area (Å²) in [6.45, 7) is 6.32. The normalized spacial score (nSPS) is 12.0. The zero-order valence-corrected chi connectivity index (χ0v) is 27.0. The van der Waals surface area contributed by atoms with Crippen LogP contribution in [0.2, 0.25) is 0 Å². The second kappa shape index (κ2) is 15.7. The number of carbonyl (C=O) groups excluding carboxylic acids is 2. The number of sulfonamides is 1. The molecule has 0 aliphatic heterocycles. The molecule has 1 N–H and O–H groups in total. The van der Waals surface area contributed by atoms with Crippen molar-refractivity contribution in [1.29, 1.82) is 0 Å². The number of hydrogen-bond donors (Lipinski definition) is 1. The van der Waals surface area contributed by atoms with Gasteiger partial charge < -0.3 is 15.0 Å². The van der Waals surface area contributed by atoms with Crippen LogP contribution in [0.15, 0.2) is 83.3 Å². The Labute approximate surface area is 258 Å². The summed E-state index contributed by atoms with van der Waals surface area (Å²) in [5.41, 5.74) is 2.25. The molecule has 0 fully saturated rings. The van der Waals surface area contributed by atoms with Crippen LogP contribution in [0.4, 0.5) is 5.69 Å². The van der Waals surface area contributed by atoms with E-state index in [1.807, 2.05) is 75.4 Å². The Morgan fingerprint density at radius 3 is 2.19 bits per heavy atom. The number of ether oxygens (including phenoxy) is 1. The van der Waals surface area contributed by atoms with Crippen LogP contribution in [-0.2, 0) is 32.6 Å². The van der Waals surface area contributed by atoms with Gasteiger partial charge in [0.15, 0.2) is 0 Å². The van der Waals surface area contributed by atoms with Crippen LogP contribution < -0.4 is 14.4 Å². The Morgan fingerprint density at radius 2 is 1.57 bits per heavy atom. The van der Waals surface area contributed by atoms with Crippen molar-refractivity contribution in [2.24, 2.45) is 0 Å². The van der Waals surface area contributed by atoms with Gasteiger partial charge >= 0.3 is 0 Å². The molecule has 1 atom stereocenters. The molecule has 3 rings (SSSR count). The average molecular weight is 659 g/mol. The number of benzene rings is 3. The van der Waals surface area contributed by atoms with Crippen LogP contribution in [0.5, 0.6) is 5.75 Å². The molecule has 1 unspecified atom stereocenters. The largest absolute Gasteiger partial charge is 0.492 e. The van der Waals surface area contributed by atoms with E-state index in [4.69, 9.17) is 4.74 Å². The third-order valence-corrected chi connectivity index (χ3v) is 8.26. The van der Waals surface area contributed by atoms with Gasteiger partial charge in [-0.3, -0.25) is 13.9 Å². The van der Waals surface area contributed by atoms with Crippen molar-refractivity contribution < 1.29 is 22.7 Å². The Hall–Kier alpha value is -3.37. The van der Waals surface area contributed by atoms with Crippen LogP contribution in [0.1, 0.15) is 44.7 Å².